The second-order valence-electron chi connectivity index (χ2n) is 3.91. The molecule has 0 aliphatic rings. The number of anilines is 1. The number of rotatable bonds is 5. The van der Waals surface area contributed by atoms with Crippen LogP contribution in [0, 0.1) is 10.1 Å². The molecule has 0 saturated heterocycles. The van der Waals surface area contributed by atoms with Crippen LogP contribution in [0.15, 0.2) is 41.0 Å². The number of nitro benzene ring substituents is 1. The van der Waals surface area contributed by atoms with Gasteiger partial charge in [0.25, 0.3) is 5.69 Å². The van der Waals surface area contributed by atoms with E-state index in [0.717, 1.165) is 0 Å². The van der Waals surface area contributed by atoms with Gasteiger partial charge in [-0.25, -0.2) is 4.79 Å². The lowest BCUT2D eigenvalue weighted by Gasteiger charge is -2.07. The average molecular weight is 276 g/mol. The van der Waals surface area contributed by atoms with Crippen LogP contribution in [-0.4, -0.2) is 18.0 Å². The Labute approximate surface area is 114 Å². The minimum Gasteiger partial charge on any atom is -0.467 e. The molecule has 7 heteroatoms. The van der Waals surface area contributed by atoms with Crippen molar-refractivity contribution in [2.24, 2.45) is 0 Å². The molecule has 1 aromatic carbocycles. The SMILES string of the molecule is COC(=O)c1ccc([N+](=O)[O-])c(NCc2ccco2)c1. The van der Waals surface area contributed by atoms with E-state index in [-0.39, 0.29) is 23.5 Å². The fraction of sp³-hybridized carbons (Fsp3) is 0.154. The highest BCUT2D eigenvalue weighted by Gasteiger charge is 2.17. The molecule has 2 rings (SSSR count). The van der Waals surface area contributed by atoms with E-state index in [0.29, 0.717) is 5.76 Å². The second kappa shape index (κ2) is 5.87. The largest absolute Gasteiger partial charge is 0.467 e. The summed E-state index contributed by atoms with van der Waals surface area (Å²) in [4.78, 5) is 21.9. The van der Waals surface area contributed by atoms with Crippen molar-refractivity contribution >= 4 is 17.3 Å². The van der Waals surface area contributed by atoms with Gasteiger partial charge in [-0.2, -0.15) is 0 Å². The number of hydrogen-bond donors (Lipinski definition) is 1. The number of esters is 1. The van der Waals surface area contributed by atoms with Crippen LogP contribution in [0.2, 0.25) is 0 Å². The highest BCUT2D eigenvalue weighted by atomic mass is 16.6. The Bertz CT molecular complexity index is 622. The van der Waals surface area contributed by atoms with Crippen LogP contribution in [0.1, 0.15) is 16.1 Å². The highest BCUT2D eigenvalue weighted by molar-refractivity contribution is 5.91. The van der Waals surface area contributed by atoms with Crippen LogP contribution in [0.5, 0.6) is 0 Å². The topological polar surface area (TPSA) is 94.6 Å². The molecule has 0 amide bonds. The van der Waals surface area contributed by atoms with Crippen molar-refractivity contribution in [1.82, 2.24) is 0 Å². The van der Waals surface area contributed by atoms with Crippen molar-refractivity contribution in [3.05, 3.63) is 58.0 Å². The summed E-state index contributed by atoms with van der Waals surface area (Å²) in [5, 5.41) is 13.8. The van der Waals surface area contributed by atoms with Crippen molar-refractivity contribution in [2.45, 2.75) is 6.54 Å². The van der Waals surface area contributed by atoms with Crippen LogP contribution in [0.3, 0.4) is 0 Å². The highest BCUT2D eigenvalue weighted by Crippen LogP contribution is 2.26. The maximum absolute atomic E-state index is 11.4. The molecule has 0 aliphatic carbocycles. The fourth-order valence-electron chi connectivity index (χ4n) is 1.68. The molecule has 20 heavy (non-hydrogen) atoms. The molecule has 104 valence electrons. The zero-order valence-corrected chi connectivity index (χ0v) is 10.7. The summed E-state index contributed by atoms with van der Waals surface area (Å²) >= 11 is 0. The molecular weight excluding hydrogens is 264 g/mol. The summed E-state index contributed by atoms with van der Waals surface area (Å²) in [6, 6.07) is 7.45. The minimum atomic E-state index is -0.555. The minimum absolute atomic E-state index is 0.121. The molecular formula is C13H12N2O5. The Morgan fingerprint density at radius 1 is 1.45 bits per heavy atom. The zero-order valence-electron chi connectivity index (χ0n) is 10.7. The molecule has 0 saturated carbocycles. The molecule has 0 radical (unpaired) electrons. The molecule has 1 heterocycles. The lowest BCUT2D eigenvalue weighted by molar-refractivity contribution is -0.384. The molecule has 0 bridgehead atoms. The van der Waals surface area contributed by atoms with Gasteiger partial charge in [0.1, 0.15) is 11.4 Å². The van der Waals surface area contributed by atoms with Gasteiger partial charge in [0.15, 0.2) is 0 Å². The third-order valence-electron chi connectivity index (χ3n) is 2.65. The van der Waals surface area contributed by atoms with Crippen LogP contribution in [-0.2, 0) is 11.3 Å². The smallest absolute Gasteiger partial charge is 0.337 e. The van der Waals surface area contributed by atoms with Gasteiger partial charge < -0.3 is 14.5 Å². The van der Waals surface area contributed by atoms with E-state index in [1.807, 2.05) is 0 Å². The van der Waals surface area contributed by atoms with E-state index in [4.69, 9.17) is 4.42 Å². The quantitative estimate of drug-likeness (QED) is 0.512. The van der Waals surface area contributed by atoms with Gasteiger partial charge >= 0.3 is 5.97 Å². The van der Waals surface area contributed by atoms with Crippen molar-refractivity contribution in [3.8, 4) is 0 Å². The van der Waals surface area contributed by atoms with Gasteiger partial charge in [0.05, 0.1) is 30.4 Å². The van der Waals surface area contributed by atoms with E-state index >= 15 is 0 Å². The van der Waals surface area contributed by atoms with Crippen molar-refractivity contribution in [1.29, 1.82) is 0 Å². The van der Waals surface area contributed by atoms with E-state index in [2.05, 4.69) is 10.1 Å². The maximum Gasteiger partial charge on any atom is 0.337 e. The molecule has 1 aromatic heterocycles. The van der Waals surface area contributed by atoms with Crippen LogP contribution in [0.4, 0.5) is 11.4 Å². The molecule has 0 spiro atoms. The standard InChI is InChI=1S/C13H12N2O5/c1-19-13(16)9-4-5-12(15(17)18)11(7-9)14-8-10-3-2-6-20-10/h2-7,14H,8H2,1H3. The molecule has 0 unspecified atom stereocenters. The van der Waals surface area contributed by atoms with Gasteiger partial charge in [-0.15, -0.1) is 0 Å². The predicted molar refractivity (Wildman–Crippen MR) is 70.5 cm³/mol. The van der Waals surface area contributed by atoms with E-state index < -0.39 is 10.9 Å². The lowest BCUT2D eigenvalue weighted by atomic mass is 10.1. The molecule has 2 aromatic rings. The van der Waals surface area contributed by atoms with Gasteiger partial charge in [0, 0.05) is 6.07 Å². The van der Waals surface area contributed by atoms with Gasteiger partial charge in [-0.05, 0) is 24.3 Å². The first-order chi connectivity index (χ1) is 9.61. The number of ether oxygens (including phenoxy) is 1. The van der Waals surface area contributed by atoms with Crippen LogP contribution < -0.4 is 5.32 Å². The first-order valence-corrected chi connectivity index (χ1v) is 5.75. The van der Waals surface area contributed by atoms with Crippen LogP contribution in [0.25, 0.3) is 0 Å². The summed E-state index contributed by atoms with van der Waals surface area (Å²) in [5.41, 5.74) is 0.346. The van der Waals surface area contributed by atoms with E-state index in [1.165, 1.54) is 31.6 Å². The molecule has 0 fully saturated rings. The number of carbonyl (C=O) groups excluding carboxylic acids is 1. The summed E-state index contributed by atoms with van der Waals surface area (Å²) in [5.74, 6) is 0.0729. The fourth-order valence-corrected chi connectivity index (χ4v) is 1.68. The summed E-state index contributed by atoms with van der Waals surface area (Å²) < 4.78 is 9.72. The van der Waals surface area contributed by atoms with Gasteiger partial charge in [-0.3, -0.25) is 10.1 Å². The first-order valence-electron chi connectivity index (χ1n) is 5.75. The molecule has 0 aliphatic heterocycles. The Balaban J connectivity index is 2.26. The van der Waals surface area contributed by atoms with Crippen LogP contribution >= 0.6 is 0 Å². The summed E-state index contributed by atoms with van der Waals surface area (Å²) in [6.07, 6.45) is 1.51. The second-order valence-corrected chi connectivity index (χ2v) is 3.91. The zero-order chi connectivity index (χ0) is 14.5. The molecule has 7 nitrogen and oxygen atoms in total. The number of nitrogens with one attached hydrogen (secondary N) is 1. The van der Waals surface area contributed by atoms with E-state index in [1.54, 1.807) is 12.1 Å². The predicted octanol–water partition coefficient (Wildman–Crippen LogP) is 2.59. The number of furan rings is 1. The lowest BCUT2D eigenvalue weighted by Crippen LogP contribution is -2.06. The molecule has 1 N–H and O–H groups in total. The number of methoxy groups -OCH3 is 1. The van der Waals surface area contributed by atoms with Gasteiger partial charge in [-0.1, -0.05) is 0 Å². The van der Waals surface area contributed by atoms with Crippen molar-refractivity contribution in [2.75, 3.05) is 12.4 Å². The Kier molecular flexibility index (Phi) is 3.99. The Hall–Kier alpha value is -2.83. The normalized spacial score (nSPS) is 10.1. The third kappa shape index (κ3) is 2.94. The Morgan fingerprint density at radius 3 is 2.85 bits per heavy atom. The monoisotopic (exact) mass is 276 g/mol. The number of benzene rings is 1. The first kappa shape index (κ1) is 13.6. The van der Waals surface area contributed by atoms with E-state index in [9.17, 15) is 14.9 Å². The molecule has 0 atom stereocenters. The van der Waals surface area contributed by atoms with Gasteiger partial charge in [0.2, 0.25) is 0 Å². The Morgan fingerprint density at radius 2 is 2.25 bits per heavy atom. The summed E-state index contributed by atoms with van der Waals surface area (Å²) in [7, 11) is 1.25. The maximum atomic E-state index is 11.4. The number of nitro groups is 1. The average Bonchev–Trinajstić information content (AvgIpc) is 2.97. The van der Waals surface area contributed by atoms with Crippen molar-refractivity contribution < 1.29 is 18.9 Å². The number of nitrogens with zero attached hydrogens (tertiary/aromatic N) is 1. The number of hydrogen-bond acceptors (Lipinski definition) is 6. The summed E-state index contributed by atoms with van der Waals surface area (Å²) in [6.45, 7) is 0.276. The number of carbonyl (C=O) groups is 1. The third-order valence-corrected chi connectivity index (χ3v) is 2.65. The van der Waals surface area contributed by atoms with Crippen molar-refractivity contribution in [3.63, 3.8) is 0 Å².